The molecule has 36 heavy (non-hydrogen) atoms. The van der Waals surface area contributed by atoms with Crippen LogP contribution in [0.2, 0.25) is 0 Å². The maximum atomic E-state index is 12.2. The SMILES string of the molecule is O=C(CCCCCCCCC(=O)Nc1ccc2c(=O)[nH]ncc2c1)Nc1ccc2c(=O)[nH]ncc2c1. The second-order valence-corrected chi connectivity index (χ2v) is 8.72. The Hall–Kier alpha value is -4.34. The number of aromatic nitrogens is 4. The van der Waals surface area contributed by atoms with Gasteiger partial charge in [-0.3, -0.25) is 19.2 Å². The predicted octanol–water partition coefficient (Wildman–Crippen LogP) is 3.86. The number of nitrogens with zero attached hydrogens (tertiary/aromatic N) is 2. The number of benzene rings is 2. The fourth-order valence-electron chi connectivity index (χ4n) is 4.07. The molecule has 0 spiro atoms. The lowest BCUT2D eigenvalue weighted by Crippen LogP contribution is -2.12. The van der Waals surface area contributed by atoms with E-state index in [1.807, 2.05) is 0 Å². The summed E-state index contributed by atoms with van der Waals surface area (Å²) < 4.78 is 0. The van der Waals surface area contributed by atoms with Crippen LogP contribution in [-0.2, 0) is 9.59 Å². The number of H-pyrrole nitrogens is 2. The van der Waals surface area contributed by atoms with Gasteiger partial charge < -0.3 is 10.6 Å². The fraction of sp³-hybridized carbons (Fsp3) is 0.308. The van der Waals surface area contributed by atoms with E-state index < -0.39 is 0 Å². The zero-order valence-corrected chi connectivity index (χ0v) is 19.8. The molecule has 4 aromatic rings. The van der Waals surface area contributed by atoms with Gasteiger partial charge >= 0.3 is 0 Å². The molecular weight excluding hydrogens is 460 g/mol. The molecule has 0 bridgehead atoms. The molecular formula is C26H28N6O4. The smallest absolute Gasteiger partial charge is 0.272 e. The summed E-state index contributed by atoms with van der Waals surface area (Å²) in [5.41, 5.74) is 0.777. The van der Waals surface area contributed by atoms with Crippen molar-refractivity contribution in [2.24, 2.45) is 0 Å². The Bertz CT molecular complexity index is 1380. The Morgan fingerprint density at radius 3 is 1.50 bits per heavy atom. The molecule has 0 radical (unpaired) electrons. The minimum Gasteiger partial charge on any atom is -0.326 e. The molecule has 0 saturated carbocycles. The first kappa shape index (κ1) is 24.8. The summed E-state index contributed by atoms with van der Waals surface area (Å²) >= 11 is 0. The van der Waals surface area contributed by atoms with E-state index in [-0.39, 0.29) is 22.9 Å². The van der Waals surface area contributed by atoms with Crippen molar-refractivity contribution in [1.29, 1.82) is 0 Å². The van der Waals surface area contributed by atoms with Gasteiger partial charge in [-0.2, -0.15) is 10.2 Å². The molecule has 0 aliphatic heterocycles. The average molecular weight is 489 g/mol. The average Bonchev–Trinajstić information content (AvgIpc) is 2.86. The van der Waals surface area contributed by atoms with E-state index in [9.17, 15) is 19.2 Å². The first-order valence-corrected chi connectivity index (χ1v) is 12.0. The molecule has 0 atom stereocenters. The minimum atomic E-state index is -0.257. The lowest BCUT2D eigenvalue weighted by Gasteiger charge is -2.07. The Labute approximate surface area is 206 Å². The number of fused-ring (bicyclic) bond motifs is 2. The molecule has 10 nitrogen and oxygen atoms in total. The Morgan fingerprint density at radius 1 is 0.639 bits per heavy atom. The van der Waals surface area contributed by atoms with Crippen LogP contribution in [0.15, 0.2) is 58.4 Å². The number of carbonyl (C=O) groups excluding carboxylic acids is 2. The van der Waals surface area contributed by atoms with Crippen molar-refractivity contribution in [3.05, 3.63) is 69.5 Å². The van der Waals surface area contributed by atoms with E-state index in [2.05, 4.69) is 31.0 Å². The van der Waals surface area contributed by atoms with E-state index in [4.69, 9.17) is 0 Å². The summed E-state index contributed by atoms with van der Waals surface area (Å²) in [5, 5.41) is 20.5. The lowest BCUT2D eigenvalue weighted by atomic mass is 10.1. The molecule has 0 aliphatic carbocycles. The summed E-state index contributed by atoms with van der Waals surface area (Å²) in [7, 11) is 0. The Morgan fingerprint density at radius 2 is 1.06 bits per heavy atom. The third-order valence-electron chi connectivity index (χ3n) is 5.96. The maximum absolute atomic E-state index is 12.2. The van der Waals surface area contributed by atoms with Gasteiger partial charge in [-0.15, -0.1) is 0 Å². The van der Waals surface area contributed by atoms with Gasteiger partial charge in [0.25, 0.3) is 11.1 Å². The van der Waals surface area contributed by atoms with Crippen molar-refractivity contribution >= 4 is 44.7 Å². The number of anilines is 2. The van der Waals surface area contributed by atoms with Crippen molar-refractivity contribution < 1.29 is 9.59 Å². The van der Waals surface area contributed by atoms with E-state index in [0.29, 0.717) is 45.8 Å². The highest BCUT2D eigenvalue weighted by Crippen LogP contribution is 2.17. The summed E-state index contributed by atoms with van der Waals surface area (Å²) in [6, 6.07) is 10.3. The number of nitrogens with one attached hydrogen (secondary N) is 4. The van der Waals surface area contributed by atoms with Crippen LogP contribution in [0.4, 0.5) is 11.4 Å². The van der Waals surface area contributed by atoms with Crippen molar-refractivity contribution in [3.8, 4) is 0 Å². The van der Waals surface area contributed by atoms with Gasteiger partial charge in [-0.1, -0.05) is 25.7 Å². The van der Waals surface area contributed by atoms with Crippen molar-refractivity contribution in [2.75, 3.05) is 10.6 Å². The van der Waals surface area contributed by atoms with E-state index in [0.717, 1.165) is 38.5 Å². The molecule has 186 valence electrons. The van der Waals surface area contributed by atoms with Crippen LogP contribution in [-0.4, -0.2) is 32.2 Å². The minimum absolute atomic E-state index is 0.0575. The number of aromatic amines is 2. The van der Waals surface area contributed by atoms with Crippen LogP contribution < -0.4 is 21.8 Å². The van der Waals surface area contributed by atoms with Crippen LogP contribution >= 0.6 is 0 Å². The summed E-state index contributed by atoms with van der Waals surface area (Å²) in [6.07, 6.45) is 9.46. The van der Waals surface area contributed by atoms with Gasteiger partial charge in [-0.25, -0.2) is 10.2 Å². The molecule has 10 heteroatoms. The van der Waals surface area contributed by atoms with Gasteiger partial charge in [0.1, 0.15) is 0 Å². The highest BCUT2D eigenvalue weighted by Gasteiger charge is 2.07. The second kappa shape index (κ2) is 11.9. The molecule has 2 amide bonds. The molecule has 2 heterocycles. The lowest BCUT2D eigenvalue weighted by molar-refractivity contribution is -0.117. The maximum Gasteiger partial charge on any atom is 0.272 e. The largest absolute Gasteiger partial charge is 0.326 e. The van der Waals surface area contributed by atoms with Crippen molar-refractivity contribution in [3.63, 3.8) is 0 Å². The highest BCUT2D eigenvalue weighted by molar-refractivity contribution is 5.94. The van der Waals surface area contributed by atoms with Gasteiger partial charge in [0, 0.05) is 35.0 Å². The molecule has 0 unspecified atom stereocenters. The molecule has 0 saturated heterocycles. The standard InChI is InChI=1S/C26H28N6O4/c33-23(29-19-9-11-21-17(13-19)15-27-31-25(21)35)7-5-3-1-2-4-6-8-24(34)30-20-10-12-22-18(14-20)16-28-32-26(22)36/h9-16H,1-8H2,(H,29,33)(H,30,34)(H,31,35)(H,32,36). The third kappa shape index (κ3) is 6.62. The van der Waals surface area contributed by atoms with Gasteiger partial charge in [-0.05, 0) is 49.2 Å². The normalized spacial score (nSPS) is 11.0. The van der Waals surface area contributed by atoms with Crippen LogP contribution in [0.3, 0.4) is 0 Å². The quantitative estimate of drug-likeness (QED) is 0.236. The second-order valence-electron chi connectivity index (χ2n) is 8.72. The van der Waals surface area contributed by atoms with Crippen LogP contribution in [0.25, 0.3) is 21.5 Å². The zero-order chi connectivity index (χ0) is 25.3. The Kier molecular flexibility index (Phi) is 8.17. The van der Waals surface area contributed by atoms with Gasteiger partial charge in [0.2, 0.25) is 11.8 Å². The fourth-order valence-corrected chi connectivity index (χ4v) is 4.07. The number of hydrogen-bond donors (Lipinski definition) is 4. The van der Waals surface area contributed by atoms with Crippen LogP contribution in [0, 0.1) is 0 Å². The van der Waals surface area contributed by atoms with Gasteiger partial charge in [0.15, 0.2) is 0 Å². The molecule has 2 aromatic heterocycles. The first-order chi connectivity index (χ1) is 17.5. The summed E-state index contributed by atoms with van der Waals surface area (Å²) in [5.74, 6) is -0.115. The van der Waals surface area contributed by atoms with Crippen LogP contribution in [0.5, 0.6) is 0 Å². The third-order valence-corrected chi connectivity index (χ3v) is 5.96. The van der Waals surface area contributed by atoms with Crippen molar-refractivity contribution in [2.45, 2.75) is 51.4 Å². The summed E-state index contributed by atoms with van der Waals surface area (Å²) in [6.45, 7) is 0. The zero-order valence-electron chi connectivity index (χ0n) is 19.8. The predicted molar refractivity (Wildman–Crippen MR) is 139 cm³/mol. The number of rotatable bonds is 11. The number of carbonyl (C=O) groups is 2. The van der Waals surface area contributed by atoms with Crippen molar-refractivity contribution in [1.82, 2.24) is 20.4 Å². The molecule has 0 aliphatic rings. The molecule has 2 aromatic carbocycles. The topological polar surface area (TPSA) is 150 Å². The monoisotopic (exact) mass is 488 g/mol. The van der Waals surface area contributed by atoms with E-state index >= 15 is 0 Å². The molecule has 4 N–H and O–H groups in total. The molecule has 0 fully saturated rings. The van der Waals surface area contributed by atoms with E-state index in [1.165, 1.54) is 0 Å². The number of unbranched alkanes of at least 4 members (excludes halogenated alkanes) is 5. The van der Waals surface area contributed by atoms with E-state index in [1.54, 1.807) is 48.8 Å². The molecule has 4 rings (SSSR count). The highest BCUT2D eigenvalue weighted by atomic mass is 16.2. The first-order valence-electron chi connectivity index (χ1n) is 12.0. The number of hydrogen-bond acceptors (Lipinski definition) is 6. The Balaban J connectivity index is 1.08. The van der Waals surface area contributed by atoms with Gasteiger partial charge in [0.05, 0.1) is 23.2 Å². The summed E-state index contributed by atoms with van der Waals surface area (Å²) in [4.78, 5) is 47.8. The van der Waals surface area contributed by atoms with Crippen LogP contribution in [0.1, 0.15) is 51.4 Å². The number of amides is 2.